The van der Waals surface area contributed by atoms with Crippen LogP contribution in [0.4, 0.5) is 14.5 Å². The van der Waals surface area contributed by atoms with Crippen LogP contribution in [0.15, 0.2) is 66.7 Å². The van der Waals surface area contributed by atoms with Crippen LogP contribution < -0.4 is 27.2 Å². The molecule has 3 aromatic rings. The molecule has 0 bridgehead atoms. The molecule has 0 saturated carbocycles. The maximum atomic E-state index is 13.6. The number of nitrogens with one attached hydrogen (secondary N) is 4. The van der Waals surface area contributed by atoms with Gasteiger partial charge < -0.3 is 21.7 Å². The van der Waals surface area contributed by atoms with Crippen molar-refractivity contribution >= 4 is 23.4 Å². The molecule has 0 aliphatic heterocycles. The van der Waals surface area contributed by atoms with Crippen molar-refractivity contribution in [1.82, 2.24) is 16.1 Å². The van der Waals surface area contributed by atoms with Gasteiger partial charge in [0.2, 0.25) is 5.91 Å². The minimum absolute atomic E-state index is 0.0624. The summed E-state index contributed by atoms with van der Waals surface area (Å²) in [5, 5.41) is 16.7. The summed E-state index contributed by atoms with van der Waals surface area (Å²) in [6, 6.07) is 15.8. The van der Waals surface area contributed by atoms with Gasteiger partial charge >= 0.3 is 0 Å². The highest BCUT2D eigenvalue weighted by molar-refractivity contribution is 5.98. The van der Waals surface area contributed by atoms with Crippen LogP contribution >= 0.6 is 0 Å². The van der Waals surface area contributed by atoms with E-state index in [2.05, 4.69) is 16.0 Å². The normalized spacial score (nSPS) is 11.4. The molecule has 36 heavy (non-hydrogen) atoms. The van der Waals surface area contributed by atoms with Gasteiger partial charge in [-0.2, -0.15) is 0 Å². The van der Waals surface area contributed by atoms with Crippen molar-refractivity contribution in [3.05, 3.63) is 89.5 Å². The maximum absolute atomic E-state index is 13.6. The molecule has 3 aromatic carbocycles. The lowest BCUT2D eigenvalue weighted by molar-refractivity contribution is -0.130. The molecule has 7 N–H and O–H groups in total. The molecule has 11 heteroatoms. The number of hydrogen-bond donors (Lipinski definition) is 6. The Hall–Kier alpha value is -4.19. The van der Waals surface area contributed by atoms with Crippen LogP contribution in [0.2, 0.25) is 0 Å². The van der Waals surface area contributed by atoms with Crippen LogP contribution in [0, 0.1) is 11.6 Å². The molecule has 3 amide bonds. The second-order valence-corrected chi connectivity index (χ2v) is 7.78. The number of benzene rings is 3. The number of nitrogens with two attached hydrogens (primary N) is 1. The van der Waals surface area contributed by atoms with Crippen molar-refractivity contribution in [3.8, 4) is 11.1 Å². The van der Waals surface area contributed by atoms with Crippen LogP contribution in [-0.4, -0.2) is 42.1 Å². The second-order valence-electron chi connectivity index (χ2n) is 7.78. The van der Waals surface area contributed by atoms with Crippen molar-refractivity contribution in [2.24, 2.45) is 5.73 Å². The average Bonchev–Trinajstić information content (AvgIpc) is 2.88. The van der Waals surface area contributed by atoms with E-state index in [9.17, 15) is 23.2 Å². The molecule has 0 spiro atoms. The molecule has 0 aromatic heterocycles. The summed E-state index contributed by atoms with van der Waals surface area (Å²) in [7, 11) is 0. The largest absolute Gasteiger partial charge is 0.339 e. The summed E-state index contributed by atoms with van der Waals surface area (Å²) < 4.78 is 26.6. The summed E-state index contributed by atoms with van der Waals surface area (Å²) in [6.45, 7) is -0.164. The van der Waals surface area contributed by atoms with Crippen LogP contribution in [0.5, 0.6) is 0 Å². The van der Waals surface area contributed by atoms with Crippen molar-refractivity contribution in [2.75, 3.05) is 18.4 Å². The molecule has 0 aliphatic rings. The van der Waals surface area contributed by atoms with E-state index in [-0.39, 0.29) is 31.1 Å². The third-order valence-electron chi connectivity index (χ3n) is 5.23. The van der Waals surface area contributed by atoms with Gasteiger partial charge in [-0.3, -0.25) is 19.6 Å². The third-order valence-corrected chi connectivity index (χ3v) is 5.23. The minimum atomic E-state index is -1.07. The molecule has 0 fully saturated rings. The van der Waals surface area contributed by atoms with E-state index in [0.717, 1.165) is 23.3 Å². The van der Waals surface area contributed by atoms with Crippen LogP contribution in [0.25, 0.3) is 11.1 Å². The predicted octanol–water partition coefficient (Wildman–Crippen LogP) is 1.92. The zero-order chi connectivity index (χ0) is 26.1. The fourth-order valence-corrected chi connectivity index (χ4v) is 3.29. The number of rotatable bonds is 10. The van der Waals surface area contributed by atoms with Crippen molar-refractivity contribution in [3.63, 3.8) is 0 Å². The number of halogens is 2. The Morgan fingerprint density at radius 2 is 1.56 bits per heavy atom. The lowest BCUT2D eigenvalue weighted by Gasteiger charge is -2.14. The lowest BCUT2D eigenvalue weighted by Crippen LogP contribution is -2.50. The smallest absolute Gasteiger partial charge is 0.267 e. The Balaban J connectivity index is 1.52. The quantitative estimate of drug-likeness (QED) is 0.186. The fraction of sp³-hybridized carbons (Fsp3) is 0.160. The maximum Gasteiger partial charge on any atom is 0.267 e. The monoisotopic (exact) mass is 497 g/mol. The van der Waals surface area contributed by atoms with E-state index in [4.69, 9.17) is 10.9 Å². The Morgan fingerprint density at radius 1 is 0.917 bits per heavy atom. The van der Waals surface area contributed by atoms with Gasteiger partial charge in [0.25, 0.3) is 11.8 Å². The highest BCUT2D eigenvalue weighted by atomic mass is 19.1. The van der Waals surface area contributed by atoms with Crippen molar-refractivity contribution in [1.29, 1.82) is 0 Å². The Labute approximate surface area is 205 Å². The molecule has 0 saturated heterocycles. The molecule has 3 rings (SSSR count). The van der Waals surface area contributed by atoms with Gasteiger partial charge in [0.05, 0.1) is 6.54 Å². The van der Waals surface area contributed by atoms with E-state index in [1.165, 1.54) is 11.5 Å². The van der Waals surface area contributed by atoms with E-state index in [1.807, 2.05) is 0 Å². The highest BCUT2D eigenvalue weighted by Crippen LogP contribution is 2.22. The Bertz CT molecular complexity index is 1220. The molecule has 9 nitrogen and oxygen atoms in total. The van der Waals surface area contributed by atoms with Gasteiger partial charge in [0, 0.05) is 36.0 Å². The number of anilines is 1. The van der Waals surface area contributed by atoms with Crippen molar-refractivity contribution in [2.45, 2.75) is 12.6 Å². The zero-order valence-electron chi connectivity index (χ0n) is 19.1. The molecule has 188 valence electrons. The van der Waals surface area contributed by atoms with E-state index in [0.29, 0.717) is 11.3 Å². The van der Waals surface area contributed by atoms with Crippen molar-refractivity contribution < 1.29 is 28.4 Å². The Kier molecular flexibility index (Phi) is 9.17. The Morgan fingerprint density at radius 3 is 2.14 bits per heavy atom. The van der Waals surface area contributed by atoms with Gasteiger partial charge in [-0.15, -0.1) is 0 Å². The van der Waals surface area contributed by atoms with Crippen LogP contribution in [-0.2, 0) is 16.1 Å². The first kappa shape index (κ1) is 26.4. The number of carbonyl (C=O) groups is 3. The van der Waals surface area contributed by atoms with Crippen LogP contribution in [0.1, 0.15) is 15.9 Å². The summed E-state index contributed by atoms with van der Waals surface area (Å²) in [5.74, 6) is -3.00. The molecule has 0 aliphatic carbocycles. The topological polar surface area (TPSA) is 146 Å². The van der Waals surface area contributed by atoms with Gasteiger partial charge in [-0.25, -0.2) is 14.3 Å². The zero-order valence-corrected chi connectivity index (χ0v) is 19.1. The number of hydrogen-bond acceptors (Lipinski definition) is 6. The third kappa shape index (κ3) is 7.15. The lowest BCUT2D eigenvalue weighted by atomic mass is 10.0. The average molecular weight is 498 g/mol. The van der Waals surface area contributed by atoms with Gasteiger partial charge in [0.1, 0.15) is 17.7 Å². The van der Waals surface area contributed by atoms with E-state index in [1.54, 1.807) is 48.5 Å². The molecule has 1 atom stereocenters. The van der Waals surface area contributed by atoms with Crippen LogP contribution in [0.3, 0.4) is 0 Å². The summed E-state index contributed by atoms with van der Waals surface area (Å²) in [4.78, 5) is 35.9. The number of amides is 3. The SMILES string of the molecule is NC[C@H](NC(=O)c1ccc(-c2ccc(NC(=O)CNCc3ccc(F)cc3F)cc2)cc1)C(=O)NO. The summed E-state index contributed by atoms with van der Waals surface area (Å²) in [5.41, 5.74) is 9.66. The number of carbonyl (C=O) groups excluding carboxylic acids is 3. The summed E-state index contributed by atoms with van der Waals surface area (Å²) in [6.07, 6.45) is 0. The predicted molar refractivity (Wildman–Crippen MR) is 129 cm³/mol. The standard InChI is InChI=1S/C25H25F2N5O4/c26-19-8-5-18(21(27)11-19)13-29-14-23(33)30-20-9-6-16(7-10-20)15-1-3-17(4-2-15)24(34)31-22(12-28)25(35)32-36/h1-11,22,29,36H,12-14,28H2,(H,30,33)(H,31,34)(H,32,35)/t22-/m0/s1. The van der Waals surface area contributed by atoms with Gasteiger partial charge in [0.15, 0.2) is 0 Å². The molecular formula is C25H25F2N5O4. The fourth-order valence-electron chi connectivity index (χ4n) is 3.29. The molecule has 0 radical (unpaired) electrons. The van der Waals surface area contributed by atoms with E-state index < -0.39 is 29.5 Å². The van der Waals surface area contributed by atoms with Gasteiger partial charge in [-0.05, 0) is 41.5 Å². The molecule has 0 heterocycles. The first-order chi connectivity index (χ1) is 17.3. The first-order valence-corrected chi connectivity index (χ1v) is 10.9. The number of hydroxylamine groups is 1. The van der Waals surface area contributed by atoms with E-state index >= 15 is 0 Å². The summed E-state index contributed by atoms with van der Waals surface area (Å²) >= 11 is 0. The van der Waals surface area contributed by atoms with Gasteiger partial charge in [-0.1, -0.05) is 30.3 Å². The first-order valence-electron chi connectivity index (χ1n) is 10.9. The molecule has 0 unspecified atom stereocenters. The highest BCUT2D eigenvalue weighted by Gasteiger charge is 2.19. The second kappa shape index (κ2) is 12.5. The molecular weight excluding hydrogens is 472 g/mol. The minimum Gasteiger partial charge on any atom is -0.339 e.